The minimum Gasteiger partial charge on any atom is -0.493 e. The van der Waals surface area contributed by atoms with Crippen LogP contribution in [0.5, 0.6) is 11.5 Å². The Morgan fingerprint density at radius 3 is 2.39 bits per heavy atom. The minimum absolute atomic E-state index is 0.0153. The SMILES string of the molecule is COc1cc(Cn2nnn(-c3ccc(C(F)(F)F)c(Cl)c3)c2=O)ccc1OC(C)(C)C(=O)O. The second kappa shape index (κ2) is 8.77. The molecule has 1 aromatic heterocycles. The van der Waals surface area contributed by atoms with Crippen LogP contribution in [0.15, 0.2) is 41.2 Å². The summed E-state index contributed by atoms with van der Waals surface area (Å²) in [7, 11) is 1.37. The number of hydrogen-bond donors (Lipinski definition) is 1. The second-order valence-electron chi connectivity index (χ2n) is 7.40. The lowest BCUT2D eigenvalue weighted by molar-refractivity contribution is -0.152. The van der Waals surface area contributed by atoms with Crippen LogP contribution in [0.4, 0.5) is 13.2 Å². The molecule has 0 fully saturated rings. The van der Waals surface area contributed by atoms with Crippen LogP contribution < -0.4 is 15.2 Å². The quantitative estimate of drug-likeness (QED) is 0.545. The Kier molecular flexibility index (Phi) is 6.41. The summed E-state index contributed by atoms with van der Waals surface area (Å²) in [6.07, 6.45) is -4.63. The number of carbonyl (C=O) groups is 1. The molecular weight excluding hydrogens is 469 g/mol. The van der Waals surface area contributed by atoms with Crippen LogP contribution >= 0.6 is 11.6 Å². The Morgan fingerprint density at radius 1 is 1.12 bits per heavy atom. The predicted octanol–water partition coefficient (Wildman–Crippen LogP) is 3.40. The van der Waals surface area contributed by atoms with Crippen molar-refractivity contribution in [3.05, 3.63) is 63.0 Å². The number of ether oxygens (including phenoxy) is 2. The van der Waals surface area contributed by atoms with E-state index in [-0.39, 0.29) is 23.7 Å². The summed E-state index contributed by atoms with van der Waals surface area (Å²) in [5.74, 6) is -0.749. The third-order valence-corrected chi connectivity index (χ3v) is 4.90. The van der Waals surface area contributed by atoms with E-state index in [9.17, 15) is 27.9 Å². The van der Waals surface area contributed by atoms with Crippen molar-refractivity contribution in [3.8, 4) is 17.2 Å². The molecule has 0 radical (unpaired) electrons. The summed E-state index contributed by atoms with van der Waals surface area (Å²) in [5, 5.41) is 16.1. The lowest BCUT2D eigenvalue weighted by Crippen LogP contribution is -2.38. The molecule has 0 saturated carbocycles. The van der Waals surface area contributed by atoms with Gasteiger partial charge in [-0.3, -0.25) is 0 Å². The Bertz CT molecular complexity index is 1250. The third kappa shape index (κ3) is 5.11. The van der Waals surface area contributed by atoms with Crippen LogP contribution in [-0.2, 0) is 17.5 Å². The van der Waals surface area contributed by atoms with Gasteiger partial charge in [0.05, 0.1) is 29.9 Å². The number of rotatable bonds is 7. The van der Waals surface area contributed by atoms with E-state index >= 15 is 0 Å². The van der Waals surface area contributed by atoms with Crippen molar-refractivity contribution in [3.63, 3.8) is 0 Å². The number of tetrazole rings is 1. The Labute approximate surface area is 189 Å². The molecule has 0 bridgehead atoms. The zero-order chi connectivity index (χ0) is 24.6. The molecule has 1 N–H and O–H groups in total. The van der Waals surface area contributed by atoms with Crippen molar-refractivity contribution >= 4 is 17.6 Å². The van der Waals surface area contributed by atoms with Gasteiger partial charge < -0.3 is 14.6 Å². The van der Waals surface area contributed by atoms with Crippen LogP contribution in [0, 0.1) is 0 Å². The summed E-state index contributed by atoms with van der Waals surface area (Å²) < 4.78 is 51.2. The van der Waals surface area contributed by atoms with Gasteiger partial charge in [0, 0.05) is 0 Å². The van der Waals surface area contributed by atoms with Gasteiger partial charge in [0.25, 0.3) is 0 Å². The van der Waals surface area contributed by atoms with Crippen molar-refractivity contribution in [2.24, 2.45) is 0 Å². The molecule has 3 rings (SSSR count). The molecule has 0 saturated heterocycles. The van der Waals surface area contributed by atoms with E-state index in [0.717, 1.165) is 27.6 Å². The monoisotopic (exact) mass is 486 g/mol. The number of aromatic nitrogens is 4. The van der Waals surface area contributed by atoms with Crippen LogP contribution in [0.2, 0.25) is 5.02 Å². The second-order valence-corrected chi connectivity index (χ2v) is 7.80. The number of nitrogens with zero attached hydrogens (tertiary/aromatic N) is 4. The Balaban J connectivity index is 1.87. The van der Waals surface area contributed by atoms with E-state index < -0.39 is 34.0 Å². The van der Waals surface area contributed by atoms with Gasteiger partial charge in [-0.25, -0.2) is 9.59 Å². The molecule has 0 aliphatic rings. The van der Waals surface area contributed by atoms with Gasteiger partial charge >= 0.3 is 17.8 Å². The van der Waals surface area contributed by atoms with Gasteiger partial charge in [-0.2, -0.15) is 22.5 Å². The molecule has 0 spiro atoms. The number of methoxy groups -OCH3 is 1. The van der Waals surface area contributed by atoms with Gasteiger partial charge in [-0.1, -0.05) is 17.7 Å². The van der Waals surface area contributed by atoms with Crippen molar-refractivity contribution in [2.75, 3.05) is 7.11 Å². The molecule has 13 heteroatoms. The number of alkyl halides is 3. The summed E-state index contributed by atoms with van der Waals surface area (Å²) in [6, 6.07) is 7.40. The predicted molar refractivity (Wildman–Crippen MR) is 110 cm³/mol. The first kappa shape index (κ1) is 24.1. The highest BCUT2D eigenvalue weighted by molar-refractivity contribution is 6.31. The largest absolute Gasteiger partial charge is 0.493 e. The first-order chi connectivity index (χ1) is 15.3. The van der Waals surface area contributed by atoms with Crippen LogP contribution in [0.25, 0.3) is 5.69 Å². The van der Waals surface area contributed by atoms with Crippen LogP contribution in [0.3, 0.4) is 0 Å². The van der Waals surface area contributed by atoms with Crippen molar-refractivity contribution in [1.29, 1.82) is 0 Å². The molecule has 0 aliphatic carbocycles. The van der Waals surface area contributed by atoms with E-state index in [1.54, 1.807) is 6.07 Å². The average Bonchev–Trinajstić information content (AvgIpc) is 3.08. The third-order valence-electron chi connectivity index (χ3n) is 4.58. The van der Waals surface area contributed by atoms with Crippen molar-refractivity contribution < 1.29 is 32.5 Å². The van der Waals surface area contributed by atoms with Gasteiger partial charge in [-0.05, 0) is 60.2 Å². The zero-order valence-electron chi connectivity index (χ0n) is 17.6. The molecule has 2 aromatic carbocycles. The fourth-order valence-corrected chi connectivity index (χ4v) is 3.07. The van der Waals surface area contributed by atoms with E-state index in [4.69, 9.17) is 21.1 Å². The molecule has 33 heavy (non-hydrogen) atoms. The number of benzene rings is 2. The van der Waals surface area contributed by atoms with E-state index in [1.807, 2.05) is 0 Å². The Morgan fingerprint density at radius 2 is 1.82 bits per heavy atom. The molecule has 0 unspecified atom stereocenters. The van der Waals surface area contributed by atoms with Gasteiger partial charge in [0.1, 0.15) is 0 Å². The fourth-order valence-electron chi connectivity index (χ4n) is 2.79. The van der Waals surface area contributed by atoms with Crippen molar-refractivity contribution in [1.82, 2.24) is 19.8 Å². The van der Waals surface area contributed by atoms with Gasteiger partial charge in [0.2, 0.25) is 0 Å². The summed E-state index contributed by atoms with van der Waals surface area (Å²) in [5.41, 5.74) is -2.68. The smallest absolute Gasteiger partial charge is 0.417 e. The lowest BCUT2D eigenvalue weighted by Gasteiger charge is -2.23. The topological polar surface area (TPSA) is 108 Å². The molecule has 1 heterocycles. The average molecular weight is 487 g/mol. The van der Waals surface area contributed by atoms with E-state index in [2.05, 4.69) is 10.4 Å². The zero-order valence-corrected chi connectivity index (χ0v) is 18.3. The first-order valence-corrected chi connectivity index (χ1v) is 9.70. The summed E-state index contributed by atoms with van der Waals surface area (Å²) >= 11 is 5.71. The highest BCUT2D eigenvalue weighted by atomic mass is 35.5. The molecular formula is C20H18ClF3N4O5. The highest BCUT2D eigenvalue weighted by Crippen LogP contribution is 2.35. The molecule has 3 aromatic rings. The first-order valence-electron chi connectivity index (χ1n) is 9.33. The number of halogens is 4. The number of hydrogen-bond acceptors (Lipinski definition) is 6. The maximum atomic E-state index is 12.9. The van der Waals surface area contributed by atoms with E-state index in [0.29, 0.717) is 5.56 Å². The van der Waals surface area contributed by atoms with Crippen LogP contribution in [0.1, 0.15) is 25.0 Å². The Hall–Kier alpha value is -3.54. The molecule has 9 nitrogen and oxygen atoms in total. The van der Waals surface area contributed by atoms with Gasteiger partial charge in [0.15, 0.2) is 17.1 Å². The van der Waals surface area contributed by atoms with Gasteiger partial charge in [-0.15, -0.1) is 0 Å². The fraction of sp³-hybridized carbons (Fsp3) is 0.300. The molecule has 0 atom stereocenters. The standard InChI is InChI=1S/C20H18ClF3N4O5/c1-19(2,17(29)30)33-15-7-4-11(8-16(15)32-3)10-27-18(31)28(26-25-27)12-5-6-13(14(21)9-12)20(22,23)24/h4-9H,10H2,1-3H3,(H,29,30). The number of aliphatic carboxylic acids is 1. The van der Waals surface area contributed by atoms with Crippen molar-refractivity contribution in [2.45, 2.75) is 32.2 Å². The highest BCUT2D eigenvalue weighted by Gasteiger charge is 2.33. The molecule has 0 aliphatic heterocycles. The number of carboxylic acids is 1. The minimum atomic E-state index is -4.63. The molecule has 0 amide bonds. The normalized spacial score (nSPS) is 12.0. The molecule has 176 valence electrons. The van der Waals surface area contributed by atoms with E-state index in [1.165, 1.54) is 33.1 Å². The summed E-state index contributed by atoms with van der Waals surface area (Å²) in [4.78, 5) is 24.0. The lowest BCUT2D eigenvalue weighted by atomic mass is 10.1. The summed E-state index contributed by atoms with van der Waals surface area (Å²) in [6.45, 7) is 2.72. The van der Waals surface area contributed by atoms with Crippen LogP contribution in [-0.4, -0.2) is 43.6 Å². The number of carboxylic acid groups (broad SMARTS) is 1. The maximum Gasteiger partial charge on any atom is 0.417 e. The maximum absolute atomic E-state index is 12.9.